The van der Waals surface area contributed by atoms with Gasteiger partial charge >= 0.3 is 6.18 Å². The van der Waals surface area contributed by atoms with E-state index in [-0.39, 0.29) is 16.6 Å². The second-order valence-electron chi connectivity index (χ2n) is 7.54. The fourth-order valence-corrected chi connectivity index (χ4v) is 3.62. The Morgan fingerprint density at radius 2 is 1.72 bits per heavy atom. The molecule has 1 atom stereocenters. The zero-order chi connectivity index (χ0) is 23.5. The van der Waals surface area contributed by atoms with Crippen LogP contribution in [-0.4, -0.2) is 28.1 Å². The van der Waals surface area contributed by atoms with Crippen LogP contribution >= 0.6 is 11.3 Å². The summed E-state index contributed by atoms with van der Waals surface area (Å²) in [7, 11) is 0. The molecule has 0 spiro atoms. The molecule has 10 heteroatoms. The number of aromatic nitrogens is 2. The molecule has 3 rings (SSSR count). The first-order valence-electron chi connectivity index (χ1n) is 9.74. The number of anilines is 1. The quantitative estimate of drug-likeness (QED) is 0.544. The Morgan fingerprint density at radius 1 is 1.03 bits per heavy atom. The van der Waals surface area contributed by atoms with E-state index in [4.69, 9.17) is 0 Å². The first kappa shape index (κ1) is 23.4. The Hall–Kier alpha value is -3.27. The molecule has 6 nitrogen and oxygen atoms in total. The van der Waals surface area contributed by atoms with Gasteiger partial charge in [-0.2, -0.15) is 13.2 Å². The summed E-state index contributed by atoms with van der Waals surface area (Å²) in [5, 5.41) is 14.1. The lowest BCUT2D eigenvalue weighted by molar-refractivity contribution is -0.137. The smallest absolute Gasteiger partial charge is 0.340 e. The van der Waals surface area contributed by atoms with Crippen LogP contribution in [0.4, 0.5) is 18.3 Å². The Balaban J connectivity index is 1.71. The van der Waals surface area contributed by atoms with Crippen LogP contribution in [0.1, 0.15) is 35.3 Å². The normalized spacial score (nSPS) is 12.5. The van der Waals surface area contributed by atoms with Gasteiger partial charge in [0.1, 0.15) is 11.0 Å². The minimum Gasteiger partial charge on any atom is -0.340 e. The Bertz CT molecular complexity index is 1110. The first-order valence-corrected chi connectivity index (χ1v) is 10.6. The minimum absolute atomic E-state index is 0.184. The van der Waals surface area contributed by atoms with Gasteiger partial charge in [-0.25, -0.2) is 0 Å². The van der Waals surface area contributed by atoms with E-state index in [0.29, 0.717) is 5.01 Å². The molecule has 0 saturated carbocycles. The molecule has 2 amide bonds. The number of carbonyl (C=O) groups excluding carboxylic acids is 2. The predicted molar refractivity (Wildman–Crippen MR) is 116 cm³/mol. The zero-order valence-corrected chi connectivity index (χ0v) is 18.3. The van der Waals surface area contributed by atoms with Gasteiger partial charge in [0, 0.05) is 11.1 Å². The van der Waals surface area contributed by atoms with Gasteiger partial charge in [-0.05, 0) is 31.0 Å². The monoisotopic (exact) mass is 462 g/mol. The predicted octanol–water partition coefficient (Wildman–Crippen LogP) is 4.93. The molecular formula is C22H21F3N4O2S. The Morgan fingerprint density at radius 3 is 2.34 bits per heavy atom. The van der Waals surface area contributed by atoms with Crippen molar-refractivity contribution in [2.24, 2.45) is 5.92 Å². The number of carbonyl (C=O) groups is 2. The summed E-state index contributed by atoms with van der Waals surface area (Å²) in [5.41, 5.74) is 0.832. The van der Waals surface area contributed by atoms with E-state index >= 15 is 0 Å². The van der Waals surface area contributed by atoms with Crippen molar-refractivity contribution in [1.82, 2.24) is 15.5 Å². The summed E-state index contributed by atoms with van der Waals surface area (Å²) >= 11 is 1.18. The molecule has 168 valence electrons. The molecule has 0 aliphatic heterocycles. The summed E-state index contributed by atoms with van der Waals surface area (Å²) < 4.78 is 38.8. The molecule has 2 N–H and O–H groups in total. The lowest BCUT2D eigenvalue weighted by atomic mass is 10.0. The molecule has 1 unspecified atom stereocenters. The fourth-order valence-electron chi connectivity index (χ4n) is 2.87. The molecule has 1 heterocycles. The number of benzene rings is 2. The molecule has 0 aliphatic rings. The van der Waals surface area contributed by atoms with E-state index in [1.807, 2.05) is 31.2 Å². The Labute approximate surface area is 186 Å². The molecule has 0 aliphatic carbocycles. The van der Waals surface area contributed by atoms with Crippen LogP contribution in [0, 0.1) is 12.8 Å². The van der Waals surface area contributed by atoms with Crippen molar-refractivity contribution >= 4 is 28.3 Å². The van der Waals surface area contributed by atoms with Gasteiger partial charge in [0.15, 0.2) is 0 Å². The minimum atomic E-state index is -4.57. The summed E-state index contributed by atoms with van der Waals surface area (Å²) in [6.45, 7) is 5.40. The molecule has 1 aromatic heterocycles. The van der Waals surface area contributed by atoms with Gasteiger partial charge in [-0.1, -0.05) is 61.1 Å². The molecule has 2 aromatic carbocycles. The molecular weight excluding hydrogens is 441 g/mol. The van der Waals surface area contributed by atoms with Crippen molar-refractivity contribution in [3.05, 3.63) is 65.2 Å². The number of halogens is 3. The number of amides is 2. The lowest BCUT2D eigenvalue weighted by Gasteiger charge is -2.21. The van der Waals surface area contributed by atoms with Gasteiger partial charge in [0.25, 0.3) is 5.91 Å². The van der Waals surface area contributed by atoms with Crippen molar-refractivity contribution in [3.8, 4) is 10.6 Å². The zero-order valence-electron chi connectivity index (χ0n) is 17.5. The number of aryl methyl sites for hydroxylation is 1. The van der Waals surface area contributed by atoms with Crippen molar-refractivity contribution in [1.29, 1.82) is 0 Å². The largest absolute Gasteiger partial charge is 0.416 e. The first-order chi connectivity index (χ1) is 15.0. The third kappa shape index (κ3) is 5.70. The number of rotatable bonds is 6. The molecule has 0 saturated heterocycles. The highest BCUT2D eigenvalue weighted by molar-refractivity contribution is 7.18. The van der Waals surface area contributed by atoms with Crippen molar-refractivity contribution < 1.29 is 22.8 Å². The second-order valence-corrected chi connectivity index (χ2v) is 8.52. The second kappa shape index (κ2) is 9.47. The van der Waals surface area contributed by atoms with Gasteiger partial charge < -0.3 is 5.32 Å². The van der Waals surface area contributed by atoms with Crippen LogP contribution in [0.25, 0.3) is 10.6 Å². The highest BCUT2D eigenvalue weighted by Gasteiger charge is 2.31. The topological polar surface area (TPSA) is 84.0 Å². The van der Waals surface area contributed by atoms with Gasteiger partial charge in [0.05, 0.1) is 5.56 Å². The van der Waals surface area contributed by atoms with Crippen molar-refractivity contribution in [3.63, 3.8) is 0 Å². The number of hydrogen-bond acceptors (Lipinski definition) is 5. The summed E-state index contributed by atoms with van der Waals surface area (Å²) in [6, 6.07) is 10.7. The average Bonchev–Trinajstić information content (AvgIpc) is 3.19. The standard InChI is InChI=1S/C22H21F3N4O2S/c1-12(2)17(26-18(30)15-5-4-6-16(11-15)22(23,24)25)19(31)27-21-29-28-20(32-21)14-9-7-13(3)8-10-14/h4-12,17H,1-3H3,(H,26,30)(H,27,29,31). The van der Waals surface area contributed by atoms with E-state index in [0.717, 1.165) is 29.3 Å². The number of nitrogens with zero attached hydrogens (tertiary/aromatic N) is 2. The third-order valence-electron chi connectivity index (χ3n) is 4.64. The summed E-state index contributed by atoms with van der Waals surface area (Å²) in [4.78, 5) is 25.3. The Kier molecular flexibility index (Phi) is 6.93. The van der Waals surface area contributed by atoms with Crippen LogP contribution in [0.2, 0.25) is 0 Å². The van der Waals surface area contributed by atoms with Gasteiger partial charge in [0.2, 0.25) is 11.0 Å². The van der Waals surface area contributed by atoms with Gasteiger partial charge in [-0.3, -0.25) is 14.9 Å². The third-order valence-corrected chi connectivity index (χ3v) is 5.53. The fraction of sp³-hybridized carbons (Fsp3) is 0.273. The van der Waals surface area contributed by atoms with Crippen molar-refractivity contribution in [2.75, 3.05) is 5.32 Å². The molecule has 32 heavy (non-hydrogen) atoms. The van der Waals surface area contributed by atoms with E-state index in [1.54, 1.807) is 13.8 Å². The van der Waals surface area contributed by atoms with Crippen LogP contribution in [0.3, 0.4) is 0 Å². The average molecular weight is 462 g/mol. The van der Waals surface area contributed by atoms with Crippen LogP contribution in [-0.2, 0) is 11.0 Å². The highest BCUT2D eigenvalue weighted by Crippen LogP contribution is 2.30. The van der Waals surface area contributed by atoms with Crippen molar-refractivity contribution in [2.45, 2.75) is 33.0 Å². The number of alkyl halides is 3. The number of hydrogen-bond donors (Lipinski definition) is 2. The van der Waals surface area contributed by atoms with Crippen LogP contribution < -0.4 is 10.6 Å². The van der Waals surface area contributed by atoms with E-state index < -0.39 is 29.6 Å². The van der Waals surface area contributed by atoms with E-state index in [1.165, 1.54) is 17.4 Å². The van der Waals surface area contributed by atoms with E-state index in [9.17, 15) is 22.8 Å². The molecule has 3 aromatic rings. The van der Waals surface area contributed by atoms with E-state index in [2.05, 4.69) is 20.8 Å². The maximum Gasteiger partial charge on any atom is 0.416 e. The van der Waals surface area contributed by atoms with Crippen LogP contribution in [0.5, 0.6) is 0 Å². The lowest BCUT2D eigenvalue weighted by Crippen LogP contribution is -2.47. The molecule has 0 fully saturated rings. The molecule has 0 bridgehead atoms. The SMILES string of the molecule is Cc1ccc(-c2nnc(NC(=O)C(NC(=O)c3cccc(C(F)(F)F)c3)C(C)C)s2)cc1. The van der Waals surface area contributed by atoms with Gasteiger partial charge in [-0.15, -0.1) is 10.2 Å². The summed E-state index contributed by atoms with van der Waals surface area (Å²) in [6.07, 6.45) is -4.57. The highest BCUT2D eigenvalue weighted by atomic mass is 32.1. The van der Waals surface area contributed by atoms with Crippen LogP contribution in [0.15, 0.2) is 48.5 Å². The maximum atomic E-state index is 12.9. The maximum absolute atomic E-state index is 12.9. The molecule has 0 radical (unpaired) electrons. The number of nitrogens with one attached hydrogen (secondary N) is 2. The summed E-state index contributed by atoms with van der Waals surface area (Å²) in [5.74, 6) is -1.64.